The van der Waals surface area contributed by atoms with Crippen LogP contribution >= 0.6 is 11.3 Å². The van der Waals surface area contributed by atoms with Crippen molar-refractivity contribution in [2.45, 2.75) is 78.1 Å². The summed E-state index contributed by atoms with van der Waals surface area (Å²) in [5, 5.41) is 16.4. The minimum atomic E-state index is -0.961. The molecule has 0 aliphatic carbocycles. The summed E-state index contributed by atoms with van der Waals surface area (Å²) < 4.78 is 19.5. The number of hydrogen-bond donors (Lipinski definition) is 4. The minimum absolute atomic E-state index is 0.00501. The molecule has 0 radical (unpaired) electrons. The second-order valence-corrected chi connectivity index (χ2v) is 13.7. The van der Waals surface area contributed by atoms with Gasteiger partial charge in [0.2, 0.25) is 17.7 Å². The van der Waals surface area contributed by atoms with Crippen LogP contribution in [0.5, 0.6) is 5.75 Å². The first-order valence-corrected chi connectivity index (χ1v) is 16.4. The van der Waals surface area contributed by atoms with Crippen molar-refractivity contribution in [3.63, 3.8) is 0 Å². The fourth-order valence-electron chi connectivity index (χ4n) is 5.53. The number of nitrogens with zero attached hydrogens (tertiary/aromatic N) is 2. The molecule has 248 valence electrons. The van der Waals surface area contributed by atoms with Crippen molar-refractivity contribution in [3.05, 3.63) is 70.6 Å². The number of amides is 3. The molecule has 5 N–H and O–H groups in total. The molecule has 3 aromatic rings. The molecule has 3 amide bonds. The number of nitrogens with one attached hydrogen (secondary N) is 2. The fraction of sp³-hybridized carbons (Fsp3) is 0.471. The number of aryl methyl sites for hydroxylation is 2. The zero-order chi connectivity index (χ0) is 33.6. The van der Waals surface area contributed by atoms with Crippen molar-refractivity contribution in [1.82, 2.24) is 20.5 Å². The lowest BCUT2D eigenvalue weighted by Gasteiger charge is -2.35. The number of carbonyl (C=O) groups excluding carboxylic acids is 3. The molecule has 10 nitrogen and oxygen atoms in total. The molecule has 4 atom stereocenters. The van der Waals surface area contributed by atoms with E-state index in [0.717, 1.165) is 21.7 Å². The van der Waals surface area contributed by atoms with E-state index in [2.05, 4.69) is 15.6 Å². The molecule has 4 rings (SSSR count). The van der Waals surface area contributed by atoms with Crippen LogP contribution in [0.15, 0.2) is 48.0 Å². The number of thiazole rings is 1. The first-order valence-electron chi connectivity index (χ1n) is 15.5. The third-order valence-electron chi connectivity index (χ3n) is 8.02. The van der Waals surface area contributed by atoms with Gasteiger partial charge in [-0.2, -0.15) is 0 Å². The quantitative estimate of drug-likeness (QED) is 0.232. The van der Waals surface area contributed by atoms with Crippen LogP contribution in [0.2, 0.25) is 0 Å². The Kier molecular flexibility index (Phi) is 11.5. The zero-order valence-corrected chi connectivity index (χ0v) is 27.8. The van der Waals surface area contributed by atoms with E-state index in [1.807, 2.05) is 64.4 Å². The summed E-state index contributed by atoms with van der Waals surface area (Å²) in [5.74, 6) is -1.37. The maximum Gasteiger partial charge on any atom is 0.246 e. The van der Waals surface area contributed by atoms with Gasteiger partial charge in [-0.25, -0.2) is 9.37 Å². The maximum absolute atomic E-state index is 14.1. The molecule has 0 saturated carbocycles. The van der Waals surface area contributed by atoms with E-state index < -0.39 is 41.2 Å². The lowest BCUT2D eigenvalue weighted by Crippen LogP contribution is -2.57. The Labute approximate surface area is 273 Å². The van der Waals surface area contributed by atoms with Gasteiger partial charge >= 0.3 is 0 Å². The number of aliphatic hydroxyl groups excluding tert-OH is 1. The topological polar surface area (TPSA) is 147 Å². The number of halogens is 1. The monoisotopic (exact) mass is 653 g/mol. The molecule has 1 saturated heterocycles. The summed E-state index contributed by atoms with van der Waals surface area (Å²) in [6, 6.07) is 9.94. The molecule has 1 aliphatic heterocycles. The number of nitrogens with two attached hydrogens (primary N) is 1. The van der Waals surface area contributed by atoms with Gasteiger partial charge in [0.1, 0.15) is 30.3 Å². The lowest BCUT2D eigenvalue weighted by molar-refractivity contribution is -0.144. The van der Waals surface area contributed by atoms with Crippen LogP contribution in [0.25, 0.3) is 10.4 Å². The number of ether oxygens (including phenoxy) is 1. The van der Waals surface area contributed by atoms with Gasteiger partial charge < -0.3 is 31.1 Å². The molecule has 2 heterocycles. The number of β-amino-alcohol motifs (C(OH)–C–C–N with tert-alkyl or cyclic N) is 1. The first-order chi connectivity index (χ1) is 21.8. The largest absolute Gasteiger partial charge is 0.492 e. The second kappa shape index (κ2) is 15.1. The smallest absolute Gasteiger partial charge is 0.246 e. The molecule has 46 heavy (non-hydrogen) atoms. The molecular weight excluding hydrogens is 609 g/mol. The molecule has 1 aromatic heterocycles. The number of carbonyl (C=O) groups is 3. The highest BCUT2D eigenvalue weighted by atomic mass is 32.1. The Bertz CT molecular complexity index is 1520. The maximum atomic E-state index is 14.1. The van der Waals surface area contributed by atoms with E-state index >= 15 is 0 Å². The van der Waals surface area contributed by atoms with Gasteiger partial charge in [0.05, 0.1) is 28.2 Å². The van der Waals surface area contributed by atoms with E-state index in [1.165, 1.54) is 17.0 Å². The average Bonchev–Trinajstić information content (AvgIpc) is 3.62. The van der Waals surface area contributed by atoms with Crippen LogP contribution in [0.4, 0.5) is 4.39 Å². The molecular formula is C34H44FN5O5S. The van der Waals surface area contributed by atoms with Gasteiger partial charge in [0.25, 0.3) is 0 Å². The van der Waals surface area contributed by atoms with Crippen LogP contribution in [-0.4, -0.2) is 70.6 Å². The SMILES string of the molecule is Cc1ncsc1-c1ccc([C@H](C)NC(=O)[C@@H]2C[C@@H](O)CN2C(=O)[C@@H](NC(=O)CCc2cc(F)cc(OCCN)c2)C(C)(C)C)cc1. The van der Waals surface area contributed by atoms with Crippen LogP contribution in [0, 0.1) is 18.2 Å². The van der Waals surface area contributed by atoms with Crippen molar-refractivity contribution >= 4 is 29.1 Å². The van der Waals surface area contributed by atoms with E-state index in [-0.39, 0.29) is 50.9 Å². The Hall–Kier alpha value is -3.87. The van der Waals surface area contributed by atoms with Gasteiger partial charge in [-0.05, 0) is 54.5 Å². The third-order valence-corrected chi connectivity index (χ3v) is 9.00. The van der Waals surface area contributed by atoms with E-state index in [4.69, 9.17) is 10.5 Å². The van der Waals surface area contributed by atoms with E-state index in [1.54, 1.807) is 17.4 Å². The number of aromatic nitrogens is 1. The van der Waals surface area contributed by atoms with Gasteiger partial charge in [-0.1, -0.05) is 45.0 Å². The van der Waals surface area contributed by atoms with Crippen LogP contribution in [0.1, 0.15) is 63.4 Å². The average molecular weight is 654 g/mol. The van der Waals surface area contributed by atoms with E-state index in [0.29, 0.717) is 11.3 Å². The standard InChI is InChI=1S/C34H44FN5O5S/c1-20(23-7-9-24(10-8-23)30-21(2)37-19-46-30)38-32(43)28-17-26(41)18-40(28)33(44)31(34(3,4)5)39-29(42)11-6-22-14-25(35)16-27(15-22)45-13-12-36/h7-10,14-16,19-20,26,28,31,41H,6,11-13,17-18,36H2,1-5H3,(H,38,43)(H,39,42)/t20-,26+,28-,31+/m0/s1. The van der Waals surface area contributed by atoms with Gasteiger partial charge in [-0.3, -0.25) is 14.4 Å². The summed E-state index contributed by atoms with van der Waals surface area (Å²) in [7, 11) is 0. The summed E-state index contributed by atoms with van der Waals surface area (Å²) >= 11 is 1.57. The summed E-state index contributed by atoms with van der Waals surface area (Å²) in [6.07, 6.45) is -0.557. The van der Waals surface area contributed by atoms with Gasteiger partial charge in [0.15, 0.2) is 0 Å². The predicted molar refractivity (Wildman–Crippen MR) is 176 cm³/mol. The van der Waals surface area contributed by atoms with Crippen molar-refractivity contribution in [2.24, 2.45) is 11.1 Å². The van der Waals surface area contributed by atoms with Crippen molar-refractivity contribution in [1.29, 1.82) is 0 Å². The normalized spacial score (nSPS) is 17.8. The van der Waals surface area contributed by atoms with Crippen LogP contribution in [0.3, 0.4) is 0 Å². The minimum Gasteiger partial charge on any atom is -0.492 e. The van der Waals surface area contributed by atoms with Crippen LogP contribution in [-0.2, 0) is 20.8 Å². The second-order valence-electron chi connectivity index (χ2n) is 12.8. The molecule has 1 aliphatic rings. The summed E-state index contributed by atoms with van der Waals surface area (Å²) in [5.41, 5.74) is 10.0. The number of rotatable bonds is 12. The number of benzene rings is 2. The first kappa shape index (κ1) is 35.0. The van der Waals surface area contributed by atoms with Crippen molar-refractivity contribution in [3.8, 4) is 16.2 Å². The highest BCUT2D eigenvalue weighted by Gasteiger charge is 2.44. The Morgan fingerprint density at radius 3 is 2.52 bits per heavy atom. The third kappa shape index (κ3) is 8.89. The van der Waals surface area contributed by atoms with Crippen molar-refractivity contribution < 1.29 is 28.6 Å². The summed E-state index contributed by atoms with van der Waals surface area (Å²) in [4.78, 5) is 47.3. The molecule has 0 bridgehead atoms. The van der Waals surface area contributed by atoms with Crippen molar-refractivity contribution in [2.75, 3.05) is 19.7 Å². The van der Waals surface area contributed by atoms with E-state index in [9.17, 15) is 23.9 Å². The predicted octanol–water partition coefficient (Wildman–Crippen LogP) is 3.90. The number of aliphatic hydroxyl groups is 1. The highest BCUT2D eigenvalue weighted by Crippen LogP contribution is 2.30. The fourth-order valence-corrected chi connectivity index (χ4v) is 6.34. The molecule has 12 heteroatoms. The van der Waals surface area contributed by atoms with Gasteiger partial charge in [0, 0.05) is 32.0 Å². The Balaban J connectivity index is 1.40. The Morgan fingerprint density at radius 2 is 1.89 bits per heavy atom. The summed E-state index contributed by atoms with van der Waals surface area (Å²) in [6.45, 7) is 9.80. The highest BCUT2D eigenvalue weighted by molar-refractivity contribution is 7.13. The molecule has 2 aromatic carbocycles. The number of likely N-dealkylation sites (tertiary alicyclic amines) is 1. The zero-order valence-electron chi connectivity index (χ0n) is 27.0. The van der Waals surface area contributed by atoms with Crippen LogP contribution < -0.4 is 21.1 Å². The lowest BCUT2D eigenvalue weighted by atomic mass is 9.85. The molecule has 0 spiro atoms. The van der Waals surface area contributed by atoms with Gasteiger partial charge in [-0.15, -0.1) is 11.3 Å². The number of hydrogen-bond acceptors (Lipinski definition) is 8. The molecule has 1 fully saturated rings. The molecule has 0 unspecified atom stereocenters. The Morgan fingerprint density at radius 1 is 1.17 bits per heavy atom.